The number of allylic oxidation sites excluding steroid dienone is 2. The number of hydrogen-bond donors (Lipinski definition) is 0. The molecule has 0 aromatic heterocycles. The van der Waals surface area contributed by atoms with Gasteiger partial charge in [0.1, 0.15) is 0 Å². The van der Waals surface area contributed by atoms with E-state index < -0.39 is 28.1 Å². The maximum atomic E-state index is 14.7. The Morgan fingerprint density at radius 1 is 1.00 bits per heavy atom. The summed E-state index contributed by atoms with van der Waals surface area (Å²) in [4.78, 5) is 6.26. The number of rotatable bonds is 10. The summed E-state index contributed by atoms with van der Waals surface area (Å²) in [5, 5.41) is 0. The van der Waals surface area contributed by atoms with Crippen molar-refractivity contribution < 1.29 is 13.2 Å². The second kappa shape index (κ2) is 9.15. The first-order chi connectivity index (χ1) is 12.4. The van der Waals surface area contributed by atoms with Gasteiger partial charge in [0.25, 0.3) is 0 Å². The Morgan fingerprint density at radius 3 is 1.96 bits per heavy atom. The van der Waals surface area contributed by atoms with Crippen molar-refractivity contribution in [1.29, 1.82) is 0 Å². The first kappa shape index (κ1) is 21.8. The molecule has 2 rings (SSSR count). The molecular formula is C20H33F3N2Sn. The standard InChI is InChI=1S/C8H6F3N2.3C4H9.Sn/c9-8(10,11)6-5-13-4-2-1-3-7(13)12-6;3*1-3-4-2;/h1-4H,5H2;3*1,3-4H2,2H3;. The molecule has 0 aromatic carbocycles. The fourth-order valence-corrected chi connectivity index (χ4v) is 23.1. The van der Waals surface area contributed by atoms with Gasteiger partial charge in [-0.3, -0.25) is 0 Å². The molecule has 0 aliphatic carbocycles. The molecule has 2 nitrogen and oxygen atoms in total. The van der Waals surface area contributed by atoms with Crippen LogP contribution in [-0.2, 0) is 0 Å². The van der Waals surface area contributed by atoms with E-state index >= 15 is 0 Å². The first-order valence-corrected chi connectivity index (χ1v) is 17.6. The summed E-state index contributed by atoms with van der Waals surface area (Å²) in [5.74, 6) is 0.510. The summed E-state index contributed by atoms with van der Waals surface area (Å²) in [7, 11) is 0. The topological polar surface area (TPSA) is 15.6 Å². The van der Waals surface area contributed by atoms with E-state index in [2.05, 4.69) is 25.8 Å². The summed E-state index contributed by atoms with van der Waals surface area (Å²) >= 11 is -3.69. The molecule has 0 saturated carbocycles. The molecule has 0 saturated heterocycles. The number of unbranched alkanes of at least 4 members (excludes halogenated alkanes) is 3. The molecule has 2 heterocycles. The molecule has 0 bridgehead atoms. The SMILES string of the molecule is CCC[CH2][Sn]([CH2]CCC)([CH2]CCC)[C]1(C(F)(F)F)CN2C=CC=CC2=N1. The predicted octanol–water partition coefficient (Wildman–Crippen LogP) is 6.47. The molecule has 1 atom stereocenters. The molecule has 0 radical (unpaired) electrons. The molecule has 148 valence electrons. The third-order valence-corrected chi connectivity index (χ3v) is 23.8. The zero-order chi connectivity index (χ0) is 19.3. The van der Waals surface area contributed by atoms with Gasteiger partial charge in [0.05, 0.1) is 0 Å². The average Bonchev–Trinajstić information content (AvgIpc) is 3.03. The van der Waals surface area contributed by atoms with E-state index in [9.17, 15) is 13.2 Å². The fourth-order valence-electron chi connectivity index (χ4n) is 4.46. The number of amidine groups is 1. The second-order valence-electron chi connectivity index (χ2n) is 7.75. The molecule has 2 aliphatic heterocycles. The van der Waals surface area contributed by atoms with Crippen LogP contribution >= 0.6 is 0 Å². The normalized spacial score (nSPS) is 22.7. The molecule has 0 amide bonds. The van der Waals surface area contributed by atoms with Crippen molar-refractivity contribution in [2.45, 2.75) is 82.3 Å². The molecular weight excluding hydrogens is 444 g/mol. The van der Waals surface area contributed by atoms with Gasteiger partial charge in [0.15, 0.2) is 0 Å². The van der Waals surface area contributed by atoms with Crippen LogP contribution in [-0.4, -0.2) is 45.4 Å². The minimum atomic E-state index is -4.26. The Balaban J connectivity index is 2.55. The van der Waals surface area contributed by atoms with Crippen molar-refractivity contribution >= 4 is 24.2 Å². The Hall–Kier alpha value is -0.461. The van der Waals surface area contributed by atoms with Gasteiger partial charge in [-0.15, -0.1) is 0 Å². The Kier molecular flexibility index (Phi) is 7.69. The van der Waals surface area contributed by atoms with Gasteiger partial charge in [-0.05, 0) is 0 Å². The first-order valence-electron chi connectivity index (χ1n) is 10.1. The van der Waals surface area contributed by atoms with Crippen LogP contribution < -0.4 is 0 Å². The van der Waals surface area contributed by atoms with Crippen molar-refractivity contribution in [3.05, 3.63) is 24.4 Å². The second-order valence-corrected chi connectivity index (χ2v) is 21.7. The van der Waals surface area contributed by atoms with E-state index in [1.807, 2.05) is 6.08 Å². The molecule has 2 aliphatic rings. The molecule has 1 unspecified atom stereocenters. The van der Waals surface area contributed by atoms with Crippen LogP contribution in [0.3, 0.4) is 0 Å². The number of nitrogens with zero attached hydrogens (tertiary/aromatic N) is 2. The quantitative estimate of drug-likeness (QED) is 0.330. The number of halogens is 3. The van der Waals surface area contributed by atoms with E-state index in [1.165, 1.54) is 0 Å². The van der Waals surface area contributed by atoms with Crippen LogP contribution in [0.5, 0.6) is 0 Å². The van der Waals surface area contributed by atoms with Crippen LogP contribution in [0.15, 0.2) is 29.4 Å². The van der Waals surface area contributed by atoms with Crippen LogP contribution in [0.4, 0.5) is 13.2 Å². The maximum absolute atomic E-state index is 14.7. The van der Waals surface area contributed by atoms with Gasteiger partial charge in [-0.2, -0.15) is 0 Å². The van der Waals surface area contributed by atoms with Crippen molar-refractivity contribution in [1.82, 2.24) is 4.90 Å². The van der Waals surface area contributed by atoms with Gasteiger partial charge < -0.3 is 0 Å². The van der Waals surface area contributed by atoms with Crippen molar-refractivity contribution in [3.63, 3.8) is 0 Å². The average molecular weight is 477 g/mol. The Labute approximate surface area is 160 Å². The van der Waals surface area contributed by atoms with Gasteiger partial charge in [-0.25, -0.2) is 0 Å². The molecule has 0 aromatic rings. The van der Waals surface area contributed by atoms with Gasteiger partial charge in [0.2, 0.25) is 0 Å². The molecule has 0 N–H and O–H groups in total. The summed E-state index contributed by atoms with van der Waals surface area (Å²) in [5.41, 5.74) is 0. The van der Waals surface area contributed by atoms with Crippen LogP contribution in [0, 0.1) is 0 Å². The van der Waals surface area contributed by atoms with Gasteiger partial charge >= 0.3 is 161 Å². The Morgan fingerprint density at radius 2 is 1.54 bits per heavy atom. The number of hydrogen-bond acceptors (Lipinski definition) is 2. The van der Waals surface area contributed by atoms with Crippen LogP contribution in [0.25, 0.3) is 0 Å². The van der Waals surface area contributed by atoms with Crippen molar-refractivity contribution in [3.8, 4) is 0 Å². The monoisotopic (exact) mass is 478 g/mol. The van der Waals surface area contributed by atoms with Gasteiger partial charge in [0, 0.05) is 0 Å². The number of alkyl halides is 3. The number of aliphatic imine (C=N–C) groups is 1. The van der Waals surface area contributed by atoms with E-state index in [1.54, 1.807) is 23.3 Å². The fraction of sp³-hybridized carbons (Fsp3) is 0.750. The summed E-state index contributed by atoms with van der Waals surface area (Å²) in [6.07, 6.45) is 8.49. The van der Waals surface area contributed by atoms with Crippen LogP contribution in [0.1, 0.15) is 59.3 Å². The summed E-state index contributed by atoms with van der Waals surface area (Å²) in [6, 6.07) is 0. The third kappa shape index (κ3) is 4.17. The van der Waals surface area contributed by atoms with E-state index in [0.29, 0.717) is 5.84 Å². The van der Waals surface area contributed by atoms with E-state index in [-0.39, 0.29) is 6.54 Å². The third-order valence-electron chi connectivity index (χ3n) is 5.99. The molecule has 26 heavy (non-hydrogen) atoms. The molecule has 0 spiro atoms. The summed E-state index contributed by atoms with van der Waals surface area (Å²) < 4.78 is 44.7. The van der Waals surface area contributed by atoms with E-state index in [4.69, 9.17) is 0 Å². The zero-order valence-corrected chi connectivity index (χ0v) is 19.3. The predicted molar refractivity (Wildman–Crippen MR) is 106 cm³/mol. The molecule has 6 heteroatoms. The Bertz CT molecular complexity index is 532. The van der Waals surface area contributed by atoms with E-state index in [0.717, 1.165) is 51.8 Å². The minimum absolute atomic E-state index is 0.0138. The van der Waals surface area contributed by atoms with Gasteiger partial charge in [-0.1, -0.05) is 0 Å². The number of fused-ring (bicyclic) bond motifs is 1. The molecule has 0 fully saturated rings. The van der Waals surface area contributed by atoms with Crippen molar-refractivity contribution in [2.75, 3.05) is 6.54 Å². The summed E-state index contributed by atoms with van der Waals surface area (Å²) in [6.45, 7) is 6.28. The van der Waals surface area contributed by atoms with Crippen LogP contribution in [0.2, 0.25) is 13.3 Å². The van der Waals surface area contributed by atoms with Crippen molar-refractivity contribution in [2.24, 2.45) is 4.99 Å². The zero-order valence-electron chi connectivity index (χ0n) is 16.4.